The molecule has 0 bridgehead atoms. The summed E-state index contributed by atoms with van der Waals surface area (Å²) in [4.78, 5) is 0. The molecule has 22 valence electrons. The van der Waals surface area contributed by atoms with Gasteiger partial charge in [0.2, 0.25) is 0 Å². The maximum absolute atomic E-state index is 10.3. The van der Waals surface area contributed by atoms with Crippen molar-refractivity contribution in [1.29, 1.82) is 0 Å². The minimum Gasteiger partial charge on any atom is -1.00 e. The van der Waals surface area contributed by atoms with Gasteiger partial charge in [0, 0.05) is 0 Å². The molecule has 0 unspecified atom stereocenters. The molecule has 0 radical (unpaired) electrons. The fourth-order valence-corrected chi connectivity index (χ4v) is 0. The summed E-state index contributed by atoms with van der Waals surface area (Å²) in [5.74, 6) is 0. The molecule has 0 atom stereocenters. The van der Waals surface area contributed by atoms with E-state index in [0.717, 1.165) is 0 Å². The van der Waals surface area contributed by atoms with Gasteiger partial charge in [0.15, 0.2) is 0 Å². The Labute approximate surface area is 49.2 Å². The van der Waals surface area contributed by atoms with Gasteiger partial charge in [0.25, 0.3) is 0 Å². The van der Waals surface area contributed by atoms with Crippen molar-refractivity contribution in [3.63, 3.8) is 0 Å². The molecule has 0 saturated heterocycles. The van der Waals surface area contributed by atoms with Crippen LogP contribution in [0.15, 0.2) is 0 Å². The number of rotatable bonds is 0. The Bertz CT molecular complexity index is 9.61. The zero-order chi connectivity index (χ0) is 2.71. The van der Waals surface area contributed by atoms with E-state index in [2.05, 4.69) is 0 Å². The summed E-state index contributed by atoms with van der Waals surface area (Å²) < 4.78 is 10.3. The Kier molecular flexibility index (Phi) is 20.1. The second kappa shape index (κ2) is 9.06. The SMILES string of the molecule is CCF.[H-].[Na+]. The number of hydrogen-bond donors (Lipinski definition) is 0. The van der Waals surface area contributed by atoms with E-state index in [4.69, 9.17) is 0 Å². The van der Waals surface area contributed by atoms with E-state index in [1.165, 1.54) is 6.92 Å². The molecule has 2 heteroatoms. The molecule has 0 rings (SSSR count). The van der Waals surface area contributed by atoms with Crippen LogP contribution in [0.1, 0.15) is 8.35 Å². The van der Waals surface area contributed by atoms with Crippen molar-refractivity contribution in [1.82, 2.24) is 0 Å². The van der Waals surface area contributed by atoms with Gasteiger partial charge in [0.05, 0.1) is 6.67 Å². The van der Waals surface area contributed by atoms with Crippen LogP contribution in [0.3, 0.4) is 0 Å². The molecule has 0 aliphatic rings. The molecule has 0 N–H and O–H groups in total. The smallest absolute Gasteiger partial charge is 1.00 e. The van der Waals surface area contributed by atoms with Crippen molar-refractivity contribution in [3.8, 4) is 0 Å². The topological polar surface area (TPSA) is 0 Å². The van der Waals surface area contributed by atoms with E-state index in [1.54, 1.807) is 0 Å². The molecule has 0 nitrogen and oxygen atoms in total. The van der Waals surface area contributed by atoms with Gasteiger partial charge in [-0.1, -0.05) is 0 Å². The summed E-state index contributed by atoms with van der Waals surface area (Å²) in [5, 5.41) is 0. The number of hydrogen-bond acceptors (Lipinski definition) is 0. The predicted octanol–water partition coefficient (Wildman–Crippen LogP) is -1.91. The van der Waals surface area contributed by atoms with Crippen LogP contribution in [0, 0.1) is 0 Å². The van der Waals surface area contributed by atoms with E-state index in [9.17, 15) is 4.39 Å². The largest absolute Gasteiger partial charge is 1.00 e. The zero-order valence-electron chi connectivity index (χ0n) is 4.09. The van der Waals surface area contributed by atoms with E-state index in [0.29, 0.717) is 0 Å². The summed E-state index contributed by atoms with van der Waals surface area (Å²) in [7, 11) is 0. The van der Waals surface area contributed by atoms with Crippen LogP contribution in [0.4, 0.5) is 4.39 Å². The first-order valence-electron chi connectivity index (χ1n) is 0.974. The second-order valence-corrected chi connectivity index (χ2v) is 0.267. The second-order valence-electron chi connectivity index (χ2n) is 0.267. The first kappa shape index (κ1) is 8.87. The molecule has 0 aliphatic carbocycles. The summed E-state index contributed by atoms with van der Waals surface area (Å²) in [6, 6.07) is 0. The number of halogens is 1. The van der Waals surface area contributed by atoms with Crippen LogP contribution < -0.4 is 29.6 Å². The van der Waals surface area contributed by atoms with Gasteiger partial charge < -0.3 is 1.43 Å². The molecule has 0 saturated carbocycles. The molecule has 4 heavy (non-hydrogen) atoms. The molecule has 0 aromatic rings. The third kappa shape index (κ3) is 12.6. The van der Waals surface area contributed by atoms with Crippen molar-refractivity contribution >= 4 is 0 Å². The van der Waals surface area contributed by atoms with Crippen molar-refractivity contribution in [3.05, 3.63) is 0 Å². The molecule has 0 fully saturated rings. The van der Waals surface area contributed by atoms with Crippen molar-refractivity contribution in [2.45, 2.75) is 6.92 Å². The average molecular weight is 72.1 g/mol. The Morgan fingerprint density at radius 2 is 2.00 bits per heavy atom. The maximum Gasteiger partial charge on any atom is 1.00 e. The van der Waals surface area contributed by atoms with Crippen LogP contribution in [0.25, 0.3) is 0 Å². The van der Waals surface area contributed by atoms with E-state index >= 15 is 0 Å². The van der Waals surface area contributed by atoms with E-state index < -0.39 is 0 Å². The molecule has 0 amide bonds. The van der Waals surface area contributed by atoms with Gasteiger partial charge >= 0.3 is 29.6 Å². The van der Waals surface area contributed by atoms with Gasteiger partial charge in [-0.2, -0.15) is 0 Å². The first-order chi connectivity index (χ1) is 1.41. The molecule has 0 aromatic carbocycles. The third-order valence-electron chi connectivity index (χ3n) is 0. The van der Waals surface area contributed by atoms with Gasteiger partial charge in [-0.15, -0.1) is 0 Å². The first-order valence-corrected chi connectivity index (χ1v) is 0.974. The molecule has 0 spiro atoms. The summed E-state index contributed by atoms with van der Waals surface area (Å²) in [5.41, 5.74) is 0. The monoisotopic (exact) mass is 72.0 g/mol. The summed E-state index contributed by atoms with van der Waals surface area (Å²) >= 11 is 0. The van der Waals surface area contributed by atoms with Crippen LogP contribution in [-0.4, -0.2) is 6.67 Å². The van der Waals surface area contributed by atoms with Crippen LogP contribution in [0.5, 0.6) is 0 Å². The minimum atomic E-state index is -0.250. The molecular formula is C2H6FNa. The van der Waals surface area contributed by atoms with Crippen molar-refractivity contribution < 1.29 is 35.4 Å². The summed E-state index contributed by atoms with van der Waals surface area (Å²) in [6.07, 6.45) is 0. The predicted molar refractivity (Wildman–Crippen MR) is 12.8 cm³/mol. The Morgan fingerprint density at radius 3 is 2.00 bits per heavy atom. The van der Waals surface area contributed by atoms with Gasteiger partial charge in [-0.05, 0) is 6.92 Å². The van der Waals surface area contributed by atoms with Crippen molar-refractivity contribution in [2.24, 2.45) is 0 Å². The van der Waals surface area contributed by atoms with Gasteiger partial charge in [-0.3, -0.25) is 4.39 Å². The van der Waals surface area contributed by atoms with Crippen LogP contribution in [-0.2, 0) is 0 Å². The summed E-state index contributed by atoms with van der Waals surface area (Å²) in [6.45, 7) is 1.21. The Morgan fingerprint density at radius 1 is 2.00 bits per heavy atom. The fraction of sp³-hybridized carbons (Fsp3) is 1.00. The minimum absolute atomic E-state index is 0. The van der Waals surface area contributed by atoms with Crippen molar-refractivity contribution in [2.75, 3.05) is 6.67 Å². The fourth-order valence-electron chi connectivity index (χ4n) is 0. The van der Waals surface area contributed by atoms with Crippen LogP contribution >= 0.6 is 0 Å². The molecule has 0 aromatic heterocycles. The van der Waals surface area contributed by atoms with Gasteiger partial charge in [0.1, 0.15) is 0 Å². The Balaban J connectivity index is -0.0000000200. The standard InChI is InChI=1S/C2H5F.Na.H/c1-2-3;;/h2H2,1H3;;/q;+1;-1. The third-order valence-corrected chi connectivity index (χ3v) is 0. The molecular weight excluding hydrogens is 66.0 g/mol. The maximum atomic E-state index is 10.3. The average Bonchev–Trinajstić information content (AvgIpc) is 0.918. The quantitative estimate of drug-likeness (QED) is 0.293. The molecule has 0 heterocycles. The Hall–Kier alpha value is 0.930. The van der Waals surface area contributed by atoms with E-state index in [-0.39, 0.29) is 37.7 Å². The normalized spacial score (nSPS) is 4.50. The van der Waals surface area contributed by atoms with Crippen LogP contribution in [0.2, 0.25) is 0 Å². The van der Waals surface area contributed by atoms with E-state index in [1.807, 2.05) is 0 Å². The number of alkyl halides is 1. The molecule has 0 aliphatic heterocycles. The van der Waals surface area contributed by atoms with Gasteiger partial charge in [-0.25, -0.2) is 0 Å². The zero-order valence-corrected chi connectivity index (χ0v) is 5.09.